The molecule has 0 radical (unpaired) electrons. The van der Waals surface area contributed by atoms with Crippen molar-refractivity contribution in [3.05, 3.63) is 0 Å². The zero-order valence-corrected chi connectivity index (χ0v) is 10.7. The van der Waals surface area contributed by atoms with Crippen molar-refractivity contribution in [2.45, 2.75) is 38.6 Å². The Morgan fingerprint density at radius 3 is 2.94 bits per heavy atom. The van der Waals surface area contributed by atoms with Crippen LogP contribution in [-0.2, 0) is 4.79 Å². The number of piperidine rings is 1. The summed E-state index contributed by atoms with van der Waals surface area (Å²) in [5, 5.41) is 12.5. The van der Waals surface area contributed by atoms with Crippen molar-refractivity contribution in [1.29, 1.82) is 0 Å². The highest BCUT2D eigenvalue weighted by Crippen LogP contribution is 2.21. The van der Waals surface area contributed by atoms with Gasteiger partial charge >= 0.3 is 0 Å². The molecule has 0 bridgehead atoms. The van der Waals surface area contributed by atoms with Gasteiger partial charge in [-0.15, -0.1) is 0 Å². The molecule has 2 saturated heterocycles. The number of hydrogen-bond donors (Lipinski definition) is 2. The summed E-state index contributed by atoms with van der Waals surface area (Å²) in [6.45, 7) is 5.05. The fourth-order valence-corrected chi connectivity index (χ4v) is 2.91. The predicted molar refractivity (Wildman–Crippen MR) is 66.6 cm³/mol. The molecule has 98 valence electrons. The van der Waals surface area contributed by atoms with Crippen LogP contribution >= 0.6 is 0 Å². The molecule has 17 heavy (non-hydrogen) atoms. The first-order valence-corrected chi connectivity index (χ1v) is 6.82. The lowest BCUT2D eigenvalue weighted by molar-refractivity contribution is -0.131. The number of nitrogens with zero attached hydrogens (tertiary/aromatic N) is 1. The van der Waals surface area contributed by atoms with Crippen LogP contribution in [-0.4, -0.2) is 48.2 Å². The maximum Gasteiger partial charge on any atom is 0.224 e. The summed E-state index contributed by atoms with van der Waals surface area (Å²) in [4.78, 5) is 14.0. The molecule has 3 atom stereocenters. The van der Waals surface area contributed by atoms with Crippen LogP contribution in [0.15, 0.2) is 0 Å². The normalized spacial score (nSPS) is 34.0. The van der Waals surface area contributed by atoms with E-state index in [1.165, 1.54) is 12.8 Å². The van der Waals surface area contributed by atoms with Gasteiger partial charge in [0.25, 0.3) is 0 Å². The van der Waals surface area contributed by atoms with E-state index in [0.717, 1.165) is 26.1 Å². The monoisotopic (exact) mass is 240 g/mol. The second-order valence-corrected chi connectivity index (χ2v) is 5.56. The number of carbonyl (C=O) groups excluding carboxylic acids is 1. The molecule has 4 heteroatoms. The summed E-state index contributed by atoms with van der Waals surface area (Å²) < 4.78 is 0. The van der Waals surface area contributed by atoms with Crippen LogP contribution in [0.2, 0.25) is 0 Å². The maximum atomic E-state index is 12.1. The van der Waals surface area contributed by atoms with E-state index in [1.54, 1.807) is 0 Å². The number of aliphatic hydroxyl groups is 1. The van der Waals surface area contributed by atoms with Crippen LogP contribution in [0, 0.1) is 11.8 Å². The van der Waals surface area contributed by atoms with Gasteiger partial charge in [-0.3, -0.25) is 4.79 Å². The van der Waals surface area contributed by atoms with Gasteiger partial charge in [-0.05, 0) is 31.7 Å². The van der Waals surface area contributed by atoms with Crippen molar-refractivity contribution >= 4 is 5.91 Å². The number of likely N-dealkylation sites (tertiary alicyclic amines) is 1. The van der Waals surface area contributed by atoms with Crippen LogP contribution in [0.25, 0.3) is 0 Å². The highest BCUT2D eigenvalue weighted by atomic mass is 16.3. The van der Waals surface area contributed by atoms with E-state index in [2.05, 4.69) is 12.2 Å². The molecule has 2 aliphatic heterocycles. The molecular weight excluding hydrogens is 216 g/mol. The van der Waals surface area contributed by atoms with Gasteiger partial charge in [0.2, 0.25) is 5.91 Å². The topological polar surface area (TPSA) is 52.6 Å². The Morgan fingerprint density at radius 1 is 1.47 bits per heavy atom. The third-order valence-corrected chi connectivity index (χ3v) is 4.22. The largest absolute Gasteiger partial charge is 0.396 e. The molecule has 0 saturated carbocycles. The minimum absolute atomic E-state index is 0.210. The molecule has 0 aliphatic carbocycles. The van der Waals surface area contributed by atoms with Gasteiger partial charge < -0.3 is 15.3 Å². The average molecular weight is 240 g/mol. The standard InChI is InChI=1S/C13H24N2O2/c1-10-3-2-5-14-12(10)7-13(17)15-6-4-11(8-15)9-16/h10-12,14,16H,2-9H2,1H3. The van der Waals surface area contributed by atoms with Crippen molar-refractivity contribution in [3.63, 3.8) is 0 Å². The number of amides is 1. The number of nitrogens with one attached hydrogen (secondary N) is 1. The van der Waals surface area contributed by atoms with Gasteiger partial charge in [0, 0.05) is 38.1 Å². The minimum atomic E-state index is 0.210. The zero-order valence-electron chi connectivity index (χ0n) is 10.7. The molecule has 2 aliphatic rings. The first-order chi connectivity index (χ1) is 8.20. The molecule has 1 amide bonds. The van der Waals surface area contributed by atoms with Crippen molar-refractivity contribution in [2.24, 2.45) is 11.8 Å². The Kier molecular flexibility index (Phi) is 4.40. The average Bonchev–Trinajstić information content (AvgIpc) is 2.81. The van der Waals surface area contributed by atoms with Gasteiger partial charge in [0.15, 0.2) is 0 Å². The van der Waals surface area contributed by atoms with E-state index < -0.39 is 0 Å². The van der Waals surface area contributed by atoms with E-state index in [-0.39, 0.29) is 12.5 Å². The van der Waals surface area contributed by atoms with Crippen LogP contribution in [0.4, 0.5) is 0 Å². The van der Waals surface area contributed by atoms with Gasteiger partial charge in [-0.2, -0.15) is 0 Å². The lowest BCUT2D eigenvalue weighted by atomic mass is 9.90. The number of hydrogen-bond acceptors (Lipinski definition) is 3. The van der Waals surface area contributed by atoms with Gasteiger partial charge in [-0.25, -0.2) is 0 Å². The van der Waals surface area contributed by atoms with Gasteiger partial charge in [0.05, 0.1) is 0 Å². The highest BCUT2D eigenvalue weighted by Gasteiger charge is 2.29. The minimum Gasteiger partial charge on any atom is -0.396 e. The van der Waals surface area contributed by atoms with Crippen LogP contribution in [0.3, 0.4) is 0 Å². The second kappa shape index (κ2) is 5.83. The summed E-state index contributed by atoms with van der Waals surface area (Å²) in [7, 11) is 0. The summed E-state index contributed by atoms with van der Waals surface area (Å²) in [5.74, 6) is 1.16. The molecule has 3 unspecified atom stereocenters. The van der Waals surface area contributed by atoms with E-state index in [9.17, 15) is 4.79 Å². The van der Waals surface area contributed by atoms with E-state index >= 15 is 0 Å². The third kappa shape index (κ3) is 3.19. The Balaban J connectivity index is 1.80. The molecule has 2 heterocycles. The predicted octanol–water partition coefficient (Wildman–Crippen LogP) is 0.605. The van der Waals surface area contributed by atoms with Crippen molar-refractivity contribution in [1.82, 2.24) is 10.2 Å². The van der Waals surface area contributed by atoms with Crippen molar-refractivity contribution in [2.75, 3.05) is 26.2 Å². The van der Waals surface area contributed by atoms with E-state index in [4.69, 9.17) is 5.11 Å². The molecule has 4 nitrogen and oxygen atoms in total. The summed E-state index contributed by atoms with van der Waals surface area (Å²) in [6.07, 6.45) is 4.03. The lowest BCUT2D eigenvalue weighted by Crippen LogP contribution is -2.44. The van der Waals surface area contributed by atoms with Crippen LogP contribution < -0.4 is 5.32 Å². The van der Waals surface area contributed by atoms with E-state index in [1.807, 2.05) is 4.90 Å². The summed E-state index contributed by atoms with van der Waals surface area (Å²) in [5.41, 5.74) is 0. The van der Waals surface area contributed by atoms with Crippen molar-refractivity contribution < 1.29 is 9.90 Å². The zero-order chi connectivity index (χ0) is 12.3. The second-order valence-electron chi connectivity index (χ2n) is 5.56. The number of aliphatic hydroxyl groups excluding tert-OH is 1. The van der Waals surface area contributed by atoms with Gasteiger partial charge in [-0.1, -0.05) is 6.92 Å². The van der Waals surface area contributed by atoms with Gasteiger partial charge in [0.1, 0.15) is 0 Å². The van der Waals surface area contributed by atoms with Crippen LogP contribution in [0.5, 0.6) is 0 Å². The summed E-state index contributed by atoms with van der Waals surface area (Å²) >= 11 is 0. The fraction of sp³-hybridized carbons (Fsp3) is 0.923. The Labute approximate surface area is 103 Å². The molecule has 2 N–H and O–H groups in total. The van der Waals surface area contributed by atoms with E-state index in [0.29, 0.717) is 24.3 Å². The quantitative estimate of drug-likeness (QED) is 0.760. The van der Waals surface area contributed by atoms with Crippen LogP contribution in [0.1, 0.15) is 32.6 Å². The Bertz CT molecular complexity index is 270. The highest BCUT2D eigenvalue weighted by molar-refractivity contribution is 5.77. The lowest BCUT2D eigenvalue weighted by Gasteiger charge is -2.31. The first-order valence-electron chi connectivity index (χ1n) is 6.82. The molecule has 2 rings (SSSR count). The fourth-order valence-electron chi connectivity index (χ4n) is 2.91. The van der Waals surface area contributed by atoms with Crippen molar-refractivity contribution in [3.8, 4) is 0 Å². The Morgan fingerprint density at radius 2 is 2.29 bits per heavy atom. The third-order valence-electron chi connectivity index (χ3n) is 4.22. The first kappa shape index (κ1) is 12.8. The number of rotatable bonds is 3. The maximum absolute atomic E-state index is 12.1. The SMILES string of the molecule is CC1CCCNC1CC(=O)N1CCC(CO)C1. The summed E-state index contributed by atoms with van der Waals surface area (Å²) in [6, 6.07) is 0.351. The smallest absolute Gasteiger partial charge is 0.224 e. The molecule has 0 aromatic rings. The molecule has 0 aromatic heterocycles. The molecule has 0 spiro atoms. The molecule has 0 aromatic carbocycles. The molecule has 2 fully saturated rings. The number of carbonyl (C=O) groups is 1. The molecular formula is C13H24N2O2. The Hall–Kier alpha value is -0.610.